The minimum Gasteiger partial charge on any atom is -0.390 e. The van der Waals surface area contributed by atoms with Crippen LogP contribution >= 0.6 is 11.6 Å². The monoisotopic (exact) mass is 434 g/mol. The Hall–Kier alpha value is -2.80. The van der Waals surface area contributed by atoms with Crippen LogP contribution in [0.5, 0.6) is 0 Å². The van der Waals surface area contributed by atoms with Gasteiger partial charge in [0.05, 0.1) is 29.4 Å². The highest BCUT2D eigenvalue weighted by Gasteiger charge is 2.28. The third-order valence-corrected chi connectivity index (χ3v) is 6.39. The Morgan fingerprint density at radius 1 is 1.13 bits per heavy atom. The summed E-state index contributed by atoms with van der Waals surface area (Å²) in [6, 6.07) is 13.4. The standard InChI is InChI=1S/C24H23ClN4O2/c1-28-9-8-20(21(30)13-28)29-14-27-23-18-5-3-2-4-17(18)16(11-19(23)24(29)31)10-15-6-7-22(25)26-12-15/h2-7,11-12,14,20-21,30H,8-10,13H2,1H3/t20-,21-/m0/s1. The molecule has 0 radical (unpaired) electrons. The number of pyridine rings is 1. The van der Waals surface area contributed by atoms with Crippen LogP contribution in [0.25, 0.3) is 21.7 Å². The topological polar surface area (TPSA) is 71.2 Å². The van der Waals surface area contributed by atoms with E-state index in [4.69, 9.17) is 11.6 Å². The molecule has 0 unspecified atom stereocenters. The molecular weight excluding hydrogens is 412 g/mol. The van der Waals surface area contributed by atoms with E-state index in [1.54, 1.807) is 23.2 Å². The maximum absolute atomic E-state index is 13.5. The number of likely N-dealkylation sites (tertiary alicyclic amines) is 1. The van der Waals surface area contributed by atoms with Gasteiger partial charge in [0.2, 0.25) is 0 Å². The van der Waals surface area contributed by atoms with E-state index in [1.165, 1.54) is 0 Å². The second kappa shape index (κ2) is 8.04. The van der Waals surface area contributed by atoms with Crippen LogP contribution in [-0.4, -0.2) is 50.8 Å². The first-order chi connectivity index (χ1) is 15.0. The molecule has 7 heteroatoms. The number of fused-ring (bicyclic) bond motifs is 3. The number of rotatable bonds is 3. The Kier molecular flexibility index (Phi) is 5.22. The van der Waals surface area contributed by atoms with Gasteiger partial charge in [0, 0.05) is 24.7 Å². The lowest BCUT2D eigenvalue weighted by atomic mass is 9.96. The van der Waals surface area contributed by atoms with Crippen molar-refractivity contribution in [2.75, 3.05) is 20.1 Å². The number of piperidine rings is 1. The fourth-order valence-corrected chi connectivity index (χ4v) is 4.68. The molecular formula is C24H23ClN4O2. The molecule has 0 saturated carbocycles. The number of halogens is 1. The van der Waals surface area contributed by atoms with E-state index in [1.807, 2.05) is 37.4 Å². The van der Waals surface area contributed by atoms with Gasteiger partial charge in [-0.25, -0.2) is 9.97 Å². The Morgan fingerprint density at radius 3 is 2.68 bits per heavy atom. The number of aromatic nitrogens is 3. The van der Waals surface area contributed by atoms with Gasteiger partial charge in [-0.15, -0.1) is 0 Å². The zero-order chi connectivity index (χ0) is 21.5. The molecule has 2 aromatic heterocycles. The maximum atomic E-state index is 13.5. The summed E-state index contributed by atoms with van der Waals surface area (Å²) in [5.74, 6) is 0. The Morgan fingerprint density at radius 2 is 1.94 bits per heavy atom. The maximum Gasteiger partial charge on any atom is 0.261 e. The minimum atomic E-state index is -0.601. The second-order valence-electron chi connectivity index (χ2n) is 8.29. The fraction of sp³-hybridized carbons (Fsp3) is 0.292. The molecule has 31 heavy (non-hydrogen) atoms. The lowest BCUT2D eigenvalue weighted by Crippen LogP contribution is -2.45. The third kappa shape index (κ3) is 3.71. The molecule has 1 aliphatic heterocycles. The first-order valence-electron chi connectivity index (χ1n) is 10.4. The molecule has 4 aromatic rings. The van der Waals surface area contributed by atoms with E-state index in [2.05, 4.69) is 20.9 Å². The van der Waals surface area contributed by atoms with E-state index in [-0.39, 0.29) is 11.6 Å². The van der Waals surface area contributed by atoms with Gasteiger partial charge in [0.25, 0.3) is 5.56 Å². The Labute approximate surface area is 184 Å². The van der Waals surface area contributed by atoms with Crippen LogP contribution < -0.4 is 5.56 Å². The van der Waals surface area contributed by atoms with E-state index >= 15 is 0 Å². The second-order valence-corrected chi connectivity index (χ2v) is 8.67. The summed E-state index contributed by atoms with van der Waals surface area (Å²) in [7, 11) is 1.98. The number of benzene rings is 2. The molecule has 1 fully saturated rings. The van der Waals surface area contributed by atoms with Crippen molar-refractivity contribution >= 4 is 33.3 Å². The van der Waals surface area contributed by atoms with Crippen molar-refractivity contribution < 1.29 is 5.11 Å². The summed E-state index contributed by atoms with van der Waals surface area (Å²) in [6.45, 7) is 1.38. The quantitative estimate of drug-likeness (QED) is 0.395. The number of aliphatic hydroxyl groups excluding tert-OH is 1. The molecule has 0 bridgehead atoms. The molecule has 1 aliphatic rings. The van der Waals surface area contributed by atoms with Gasteiger partial charge in [-0.3, -0.25) is 9.36 Å². The van der Waals surface area contributed by atoms with Gasteiger partial charge in [-0.1, -0.05) is 41.9 Å². The van der Waals surface area contributed by atoms with Crippen LogP contribution in [0, 0.1) is 0 Å². The number of aliphatic hydroxyl groups is 1. The van der Waals surface area contributed by atoms with Crippen LogP contribution in [0.3, 0.4) is 0 Å². The number of β-amino-alcohol motifs (C(OH)–C–C–N with tert-alkyl or cyclic N) is 1. The van der Waals surface area contributed by atoms with Crippen molar-refractivity contribution in [3.8, 4) is 0 Å². The molecule has 6 nitrogen and oxygen atoms in total. The van der Waals surface area contributed by atoms with Gasteiger partial charge in [0.15, 0.2) is 0 Å². The van der Waals surface area contributed by atoms with Gasteiger partial charge in [-0.2, -0.15) is 0 Å². The molecule has 2 aromatic carbocycles. The van der Waals surface area contributed by atoms with E-state index in [0.717, 1.165) is 28.4 Å². The van der Waals surface area contributed by atoms with Crippen LogP contribution in [-0.2, 0) is 6.42 Å². The summed E-state index contributed by atoms with van der Waals surface area (Å²) >= 11 is 5.93. The van der Waals surface area contributed by atoms with Crippen LogP contribution in [0.2, 0.25) is 5.15 Å². The lowest BCUT2D eigenvalue weighted by molar-refractivity contribution is 0.0365. The molecule has 1 N–H and O–H groups in total. The molecule has 0 amide bonds. The molecule has 2 atom stereocenters. The predicted molar refractivity (Wildman–Crippen MR) is 123 cm³/mol. The molecule has 1 saturated heterocycles. The Bertz CT molecular complexity index is 1320. The Balaban J connectivity index is 1.67. The van der Waals surface area contributed by atoms with E-state index in [9.17, 15) is 9.90 Å². The van der Waals surface area contributed by atoms with Crippen LogP contribution in [0.1, 0.15) is 23.6 Å². The fourth-order valence-electron chi connectivity index (χ4n) is 4.56. The lowest BCUT2D eigenvalue weighted by Gasteiger charge is -2.34. The molecule has 3 heterocycles. The normalized spacial score (nSPS) is 19.8. The SMILES string of the molecule is CN1CC[C@H](n2cnc3c(cc(Cc4ccc(Cl)nc4)c4ccccc43)c2=O)[C@@H](O)C1. The van der Waals surface area contributed by atoms with Crippen molar-refractivity contribution in [1.82, 2.24) is 19.4 Å². The van der Waals surface area contributed by atoms with Crippen LogP contribution in [0.15, 0.2) is 59.8 Å². The van der Waals surface area contributed by atoms with E-state index in [0.29, 0.717) is 35.4 Å². The van der Waals surface area contributed by atoms with Crippen molar-refractivity contribution in [1.29, 1.82) is 0 Å². The molecule has 0 aliphatic carbocycles. The largest absolute Gasteiger partial charge is 0.390 e. The van der Waals surface area contributed by atoms with Crippen molar-refractivity contribution in [3.05, 3.63) is 81.6 Å². The highest BCUT2D eigenvalue weighted by Crippen LogP contribution is 2.29. The predicted octanol–water partition coefficient (Wildman–Crippen LogP) is 3.43. The summed E-state index contributed by atoms with van der Waals surface area (Å²) < 4.78 is 1.61. The molecule has 0 spiro atoms. The number of hydrogen-bond acceptors (Lipinski definition) is 5. The van der Waals surface area contributed by atoms with Crippen molar-refractivity contribution in [3.63, 3.8) is 0 Å². The summed E-state index contributed by atoms with van der Waals surface area (Å²) in [5, 5.41) is 13.6. The first-order valence-corrected chi connectivity index (χ1v) is 10.8. The highest BCUT2D eigenvalue weighted by molar-refractivity contribution is 6.29. The van der Waals surface area contributed by atoms with Gasteiger partial charge in [-0.05, 0) is 48.5 Å². The molecule has 5 rings (SSSR count). The average molecular weight is 435 g/mol. The number of nitrogens with zero attached hydrogens (tertiary/aromatic N) is 4. The van der Waals surface area contributed by atoms with Crippen molar-refractivity contribution in [2.45, 2.75) is 25.0 Å². The molecule has 158 valence electrons. The third-order valence-electron chi connectivity index (χ3n) is 6.17. The van der Waals surface area contributed by atoms with Crippen LogP contribution in [0.4, 0.5) is 0 Å². The van der Waals surface area contributed by atoms with Gasteiger partial charge < -0.3 is 10.0 Å². The average Bonchev–Trinajstić information content (AvgIpc) is 2.77. The zero-order valence-electron chi connectivity index (χ0n) is 17.2. The zero-order valence-corrected chi connectivity index (χ0v) is 18.0. The smallest absolute Gasteiger partial charge is 0.261 e. The summed E-state index contributed by atoms with van der Waals surface area (Å²) in [4.78, 5) is 24.4. The highest BCUT2D eigenvalue weighted by atomic mass is 35.5. The minimum absolute atomic E-state index is 0.111. The summed E-state index contributed by atoms with van der Waals surface area (Å²) in [6.07, 6.45) is 4.10. The number of hydrogen-bond donors (Lipinski definition) is 1. The van der Waals surface area contributed by atoms with Gasteiger partial charge >= 0.3 is 0 Å². The number of likely N-dealkylation sites (N-methyl/N-ethyl adjacent to an activating group) is 1. The van der Waals surface area contributed by atoms with Gasteiger partial charge in [0.1, 0.15) is 5.15 Å². The van der Waals surface area contributed by atoms with Crippen molar-refractivity contribution in [2.24, 2.45) is 0 Å². The first kappa shape index (κ1) is 20.1. The van der Waals surface area contributed by atoms with E-state index < -0.39 is 6.10 Å². The summed E-state index contributed by atoms with van der Waals surface area (Å²) in [5.41, 5.74) is 2.63.